The fraction of sp³-hybridized carbons (Fsp3) is 0.389. The van der Waals surface area contributed by atoms with Gasteiger partial charge in [0.05, 0.1) is 0 Å². The molecule has 1 aromatic heterocycles. The second-order valence-electron chi connectivity index (χ2n) is 5.90. The van der Waals surface area contributed by atoms with E-state index in [1.807, 2.05) is 29.2 Å². The Labute approximate surface area is 162 Å². The van der Waals surface area contributed by atoms with Gasteiger partial charge in [0, 0.05) is 23.6 Å². The van der Waals surface area contributed by atoms with Gasteiger partial charge in [0.15, 0.2) is 5.76 Å². The first-order valence-corrected chi connectivity index (χ1v) is 8.95. The van der Waals surface area contributed by atoms with E-state index < -0.39 is 0 Å². The van der Waals surface area contributed by atoms with E-state index in [0.29, 0.717) is 18.1 Å². The third-order valence-electron chi connectivity index (χ3n) is 4.21. The van der Waals surface area contributed by atoms with Crippen LogP contribution in [0.4, 0.5) is 0 Å². The highest BCUT2D eigenvalue weighted by atomic mass is 79.9. The van der Waals surface area contributed by atoms with Crippen molar-refractivity contribution in [2.75, 3.05) is 13.1 Å². The summed E-state index contributed by atoms with van der Waals surface area (Å²) >= 11 is 3.40. The van der Waals surface area contributed by atoms with Crippen LogP contribution in [0.15, 0.2) is 45.3 Å². The topological polar surface area (TPSA) is 68.7 Å². The summed E-state index contributed by atoms with van der Waals surface area (Å²) in [6.45, 7) is 1.51. The first-order valence-electron chi connectivity index (χ1n) is 8.15. The monoisotopic (exact) mass is 428 g/mol. The molecular formula is C18H22BrClN2O3. The molecule has 3 rings (SSSR count). The van der Waals surface area contributed by atoms with Gasteiger partial charge in [0.2, 0.25) is 0 Å². The van der Waals surface area contributed by atoms with E-state index in [-0.39, 0.29) is 31.0 Å². The molecule has 0 bridgehead atoms. The number of amides is 1. The minimum absolute atomic E-state index is 0. The Morgan fingerprint density at radius 3 is 2.92 bits per heavy atom. The largest absolute Gasteiger partial charge is 0.486 e. The lowest BCUT2D eigenvalue weighted by Crippen LogP contribution is -2.47. The van der Waals surface area contributed by atoms with Crippen LogP contribution in [0.1, 0.15) is 35.6 Å². The number of ether oxygens (including phenoxy) is 1. The molecule has 1 aliphatic heterocycles. The Hall–Kier alpha value is -1.50. The summed E-state index contributed by atoms with van der Waals surface area (Å²) in [5.74, 6) is 1.63. The van der Waals surface area contributed by atoms with Crippen molar-refractivity contribution in [1.82, 2.24) is 4.90 Å². The second kappa shape index (κ2) is 9.27. The summed E-state index contributed by atoms with van der Waals surface area (Å²) in [7, 11) is 0. The minimum Gasteiger partial charge on any atom is -0.486 e. The first kappa shape index (κ1) is 19.8. The Morgan fingerprint density at radius 2 is 2.16 bits per heavy atom. The number of nitrogens with zero attached hydrogens (tertiary/aromatic N) is 1. The second-order valence-corrected chi connectivity index (χ2v) is 6.81. The molecule has 2 heterocycles. The van der Waals surface area contributed by atoms with Crippen LogP contribution in [0.25, 0.3) is 0 Å². The molecule has 136 valence electrons. The van der Waals surface area contributed by atoms with Crippen LogP contribution in [-0.2, 0) is 6.61 Å². The van der Waals surface area contributed by atoms with Crippen molar-refractivity contribution < 1.29 is 13.9 Å². The van der Waals surface area contributed by atoms with Gasteiger partial charge in [0.1, 0.15) is 18.1 Å². The third kappa shape index (κ3) is 5.00. The summed E-state index contributed by atoms with van der Waals surface area (Å²) in [5.41, 5.74) is 5.79. The highest BCUT2D eigenvalue weighted by Crippen LogP contribution is 2.22. The first-order chi connectivity index (χ1) is 11.7. The zero-order chi connectivity index (χ0) is 16.9. The van der Waals surface area contributed by atoms with Crippen molar-refractivity contribution in [3.05, 3.63) is 52.4 Å². The summed E-state index contributed by atoms with van der Waals surface area (Å²) < 4.78 is 12.3. The molecule has 0 spiro atoms. The molecule has 1 fully saturated rings. The van der Waals surface area contributed by atoms with Crippen molar-refractivity contribution in [2.24, 2.45) is 5.73 Å². The molecular weight excluding hydrogens is 408 g/mol. The number of furan rings is 1. The normalized spacial score (nSPS) is 17.0. The van der Waals surface area contributed by atoms with Crippen LogP contribution in [-0.4, -0.2) is 29.9 Å². The van der Waals surface area contributed by atoms with Gasteiger partial charge >= 0.3 is 0 Å². The Balaban J connectivity index is 0.00000225. The fourth-order valence-electron chi connectivity index (χ4n) is 2.94. The SMILES string of the molecule is Cl.NCC1CCCCN1C(=O)c1ccc(COc2cccc(Br)c2)o1. The lowest BCUT2D eigenvalue weighted by molar-refractivity contribution is 0.0587. The fourth-order valence-corrected chi connectivity index (χ4v) is 3.31. The molecule has 0 saturated carbocycles. The molecule has 1 amide bonds. The maximum absolute atomic E-state index is 12.6. The molecule has 2 N–H and O–H groups in total. The molecule has 2 aromatic rings. The zero-order valence-corrected chi connectivity index (χ0v) is 16.2. The average molecular weight is 430 g/mol. The maximum Gasteiger partial charge on any atom is 0.289 e. The van der Waals surface area contributed by atoms with Gasteiger partial charge in [-0.15, -0.1) is 12.4 Å². The van der Waals surface area contributed by atoms with E-state index in [1.165, 1.54) is 0 Å². The van der Waals surface area contributed by atoms with Gasteiger partial charge in [-0.25, -0.2) is 0 Å². The molecule has 1 saturated heterocycles. The molecule has 1 unspecified atom stereocenters. The van der Waals surface area contributed by atoms with Crippen molar-refractivity contribution in [2.45, 2.75) is 31.9 Å². The number of piperidine rings is 1. The molecule has 1 aliphatic rings. The van der Waals surface area contributed by atoms with Crippen molar-refractivity contribution in [3.63, 3.8) is 0 Å². The molecule has 1 aromatic carbocycles. The number of benzene rings is 1. The van der Waals surface area contributed by atoms with Crippen molar-refractivity contribution >= 4 is 34.2 Å². The van der Waals surface area contributed by atoms with E-state index in [2.05, 4.69) is 15.9 Å². The molecule has 0 radical (unpaired) electrons. The van der Waals surface area contributed by atoms with Gasteiger partial charge in [-0.05, 0) is 49.6 Å². The number of carbonyl (C=O) groups excluding carboxylic acids is 1. The predicted octanol–water partition coefficient (Wildman–Crippen LogP) is 4.00. The van der Waals surface area contributed by atoms with Crippen LogP contribution in [0.5, 0.6) is 5.75 Å². The molecule has 0 aliphatic carbocycles. The molecule has 5 nitrogen and oxygen atoms in total. The predicted molar refractivity (Wildman–Crippen MR) is 102 cm³/mol. The standard InChI is InChI=1S/C18H21BrN2O3.ClH/c19-13-4-3-6-15(10-13)23-12-16-7-8-17(24-16)18(22)21-9-2-1-5-14(21)11-20;/h3-4,6-8,10,14H,1-2,5,9,11-12,20H2;1H. The maximum atomic E-state index is 12.6. The summed E-state index contributed by atoms with van der Waals surface area (Å²) in [6, 6.07) is 11.2. The highest BCUT2D eigenvalue weighted by molar-refractivity contribution is 9.10. The quantitative estimate of drug-likeness (QED) is 0.780. The lowest BCUT2D eigenvalue weighted by atomic mass is 10.0. The van der Waals surface area contributed by atoms with Gasteiger partial charge < -0.3 is 19.8 Å². The van der Waals surface area contributed by atoms with Crippen molar-refractivity contribution in [3.8, 4) is 5.75 Å². The van der Waals surface area contributed by atoms with Crippen LogP contribution < -0.4 is 10.5 Å². The van der Waals surface area contributed by atoms with Crippen LogP contribution >= 0.6 is 28.3 Å². The smallest absolute Gasteiger partial charge is 0.289 e. The van der Waals surface area contributed by atoms with Gasteiger partial charge in [-0.2, -0.15) is 0 Å². The van der Waals surface area contributed by atoms with Crippen molar-refractivity contribution in [1.29, 1.82) is 0 Å². The van der Waals surface area contributed by atoms with E-state index >= 15 is 0 Å². The summed E-state index contributed by atoms with van der Waals surface area (Å²) in [6.07, 6.45) is 3.10. The van der Waals surface area contributed by atoms with E-state index in [0.717, 1.165) is 36.0 Å². The number of hydrogen-bond acceptors (Lipinski definition) is 4. The van der Waals surface area contributed by atoms with Gasteiger partial charge in [-0.3, -0.25) is 4.79 Å². The van der Waals surface area contributed by atoms with Crippen LogP contribution in [0, 0.1) is 0 Å². The van der Waals surface area contributed by atoms with E-state index in [4.69, 9.17) is 14.9 Å². The number of hydrogen-bond donors (Lipinski definition) is 1. The summed E-state index contributed by atoms with van der Waals surface area (Å²) in [5, 5.41) is 0. The molecule has 1 atom stereocenters. The Morgan fingerprint density at radius 1 is 1.32 bits per heavy atom. The minimum atomic E-state index is -0.0844. The molecule has 7 heteroatoms. The number of likely N-dealkylation sites (tertiary alicyclic amines) is 1. The number of nitrogens with two attached hydrogens (primary N) is 1. The number of halogens is 2. The zero-order valence-electron chi connectivity index (χ0n) is 13.8. The van der Waals surface area contributed by atoms with E-state index in [1.54, 1.807) is 12.1 Å². The summed E-state index contributed by atoms with van der Waals surface area (Å²) in [4.78, 5) is 14.5. The molecule has 25 heavy (non-hydrogen) atoms. The third-order valence-corrected chi connectivity index (χ3v) is 4.70. The highest BCUT2D eigenvalue weighted by Gasteiger charge is 2.28. The number of carbonyl (C=O) groups is 1. The lowest BCUT2D eigenvalue weighted by Gasteiger charge is -2.34. The Kier molecular flexibility index (Phi) is 7.35. The average Bonchev–Trinajstić information content (AvgIpc) is 3.08. The van der Waals surface area contributed by atoms with Crippen LogP contribution in [0.2, 0.25) is 0 Å². The number of rotatable bonds is 5. The Bertz CT molecular complexity index is 707. The van der Waals surface area contributed by atoms with Gasteiger partial charge in [0.25, 0.3) is 5.91 Å². The van der Waals surface area contributed by atoms with E-state index in [9.17, 15) is 4.79 Å². The van der Waals surface area contributed by atoms with Crippen LogP contribution in [0.3, 0.4) is 0 Å². The van der Waals surface area contributed by atoms with Gasteiger partial charge in [-0.1, -0.05) is 22.0 Å².